The fourth-order valence-electron chi connectivity index (χ4n) is 2.12. The van der Waals surface area contributed by atoms with E-state index in [9.17, 15) is 0 Å². The maximum Gasteiger partial charge on any atom is 0.0959 e. The zero-order valence-electron chi connectivity index (χ0n) is 10.7. The van der Waals surface area contributed by atoms with Gasteiger partial charge in [0.05, 0.1) is 30.6 Å². The number of imidazole rings is 1. The lowest BCUT2D eigenvalue weighted by molar-refractivity contribution is 0.114. The molecule has 0 radical (unpaired) electrons. The van der Waals surface area contributed by atoms with E-state index < -0.39 is 0 Å². The number of nitrogens with zero attached hydrogens (tertiary/aromatic N) is 2. The zero-order chi connectivity index (χ0) is 12.9. The molecule has 0 fully saturated rings. The Labute approximate surface area is 112 Å². The molecule has 0 N–H and O–H groups in total. The van der Waals surface area contributed by atoms with E-state index in [1.807, 2.05) is 42.7 Å². The average molecular weight is 252 g/mol. The van der Waals surface area contributed by atoms with Crippen molar-refractivity contribution in [3.05, 3.63) is 66.5 Å². The van der Waals surface area contributed by atoms with E-state index in [1.54, 1.807) is 0 Å². The van der Waals surface area contributed by atoms with Gasteiger partial charge in [-0.15, -0.1) is 0 Å². The van der Waals surface area contributed by atoms with E-state index in [2.05, 4.69) is 27.8 Å². The van der Waals surface area contributed by atoms with Gasteiger partial charge in [-0.3, -0.25) is 0 Å². The minimum atomic E-state index is 0.660. The molecule has 0 spiro atoms. The summed E-state index contributed by atoms with van der Waals surface area (Å²) in [6, 6.07) is 18.4. The number of hydrogen-bond donors (Lipinski definition) is 0. The lowest BCUT2D eigenvalue weighted by Gasteiger charge is -2.06. The van der Waals surface area contributed by atoms with Crippen LogP contribution in [0.2, 0.25) is 0 Å². The van der Waals surface area contributed by atoms with E-state index >= 15 is 0 Å². The van der Waals surface area contributed by atoms with Crippen molar-refractivity contribution in [2.24, 2.45) is 0 Å². The number of ether oxygens (including phenoxy) is 1. The van der Waals surface area contributed by atoms with E-state index in [0.717, 1.165) is 17.6 Å². The first-order valence-electron chi connectivity index (χ1n) is 6.45. The summed E-state index contributed by atoms with van der Waals surface area (Å²) in [6.07, 6.45) is 1.87. The normalized spacial score (nSPS) is 10.9. The molecule has 3 heteroatoms. The highest BCUT2D eigenvalue weighted by atomic mass is 16.5. The fourth-order valence-corrected chi connectivity index (χ4v) is 2.12. The zero-order valence-corrected chi connectivity index (χ0v) is 10.7. The highest BCUT2D eigenvalue weighted by Gasteiger charge is 2.00. The van der Waals surface area contributed by atoms with Gasteiger partial charge in [0.2, 0.25) is 0 Å². The fraction of sp³-hybridized carbons (Fsp3) is 0.188. The predicted molar refractivity (Wildman–Crippen MR) is 75.8 cm³/mol. The number of hydrogen-bond acceptors (Lipinski definition) is 2. The molecular weight excluding hydrogens is 236 g/mol. The number of rotatable bonds is 5. The first-order valence-corrected chi connectivity index (χ1v) is 6.45. The van der Waals surface area contributed by atoms with Crippen molar-refractivity contribution in [2.45, 2.75) is 13.2 Å². The second-order valence-corrected chi connectivity index (χ2v) is 4.46. The van der Waals surface area contributed by atoms with Crippen LogP contribution in [-0.4, -0.2) is 16.2 Å². The van der Waals surface area contributed by atoms with Crippen LogP contribution in [0.25, 0.3) is 11.0 Å². The molecule has 1 heterocycles. The number of fused-ring (bicyclic) bond motifs is 1. The van der Waals surface area contributed by atoms with E-state index in [-0.39, 0.29) is 0 Å². The average Bonchev–Trinajstić information content (AvgIpc) is 2.88. The van der Waals surface area contributed by atoms with Crippen molar-refractivity contribution in [1.29, 1.82) is 0 Å². The maximum atomic E-state index is 5.69. The Kier molecular flexibility index (Phi) is 3.56. The summed E-state index contributed by atoms with van der Waals surface area (Å²) in [6.45, 7) is 2.18. The summed E-state index contributed by atoms with van der Waals surface area (Å²) in [4.78, 5) is 4.36. The largest absolute Gasteiger partial charge is 0.375 e. The molecule has 2 aromatic carbocycles. The summed E-state index contributed by atoms with van der Waals surface area (Å²) in [7, 11) is 0. The van der Waals surface area contributed by atoms with Crippen molar-refractivity contribution >= 4 is 11.0 Å². The summed E-state index contributed by atoms with van der Waals surface area (Å²) in [5.41, 5.74) is 3.40. The molecule has 1 aromatic heterocycles. The van der Waals surface area contributed by atoms with Gasteiger partial charge in [-0.2, -0.15) is 0 Å². The van der Waals surface area contributed by atoms with E-state index in [4.69, 9.17) is 4.74 Å². The number of para-hydroxylation sites is 2. The Morgan fingerprint density at radius 1 is 0.947 bits per heavy atom. The molecule has 0 atom stereocenters. The molecule has 96 valence electrons. The van der Waals surface area contributed by atoms with Crippen LogP contribution >= 0.6 is 0 Å². The van der Waals surface area contributed by atoms with Gasteiger partial charge in [-0.25, -0.2) is 4.98 Å². The third-order valence-corrected chi connectivity index (χ3v) is 3.12. The minimum absolute atomic E-state index is 0.660. The van der Waals surface area contributed by atoms with Crippen molar-refractivity contribution in [3.8, 4) is 0 Å². The Morgan fingerprint density at radius 3 is 2.63 bits per heavy atom. The SMILES string of the molecule is c1ccc(COCCn2cnc3ccccc32)cc1. The Bertz CT molecular complexity index is 646. The van der Waals surface area contributed by atoms with Crippen molar-refractivity contribution in [3.63, 3.8) is 0 Å². The van der Waals surface area contributed by atoms with Gasteiger partial charge < -0.3 is 9.30 Å². The van der Waals surface area contributed by atoms with Crippen LogP contribution in [0, 0.1) is 0 Å². The van der Waals surface area contributed by atoms with Crippen LogP contribution in [0.4, 0.5) is 0 Å². The van der Waals surface area contributed by atoms with E-state index in [1.165, 1.54) is 5.56 Å². The maximum absolute atomic E-state index is 5.69. The van der Waals surface area contributed by atoms with Crippen LogP contribution in [-0.2, 0) is 17.9 Å². The van der Waals surface area contributed by atoms with Gasteiger partial charge in [0.1, 0.15) is 0 Å². The minimum Gasteiger partial charge on any atom is -0.375 e. The van der Waals surface area contributed by atoms with Crippen molar-refractivity contribution in [1.82, 2.24) is 9.55 Å². The number of benzene rings is 2. The molecule has 0 aliphatic carbocycles. The van der Waals surface area contributed by atoms with Crippen LogP contribution < -0.4 is 0 Å². The number of aromatic nitrogens is 2. The smallest absolute Gasteiger partial charge is 0.0959 e. The molecule has 19 heavy (non-hydrogen) atoms. The first kappa shape index (κ1) is 11.9. The summed E-state index contributed by atoms with van der Waals surface area (Å²) in [5, 5.41) is 0. The van der Waals surface area contributed by atoms with Crippen LogP contribution in [0.5, 0.6) is 0 Å². The molecule has 0 unspecified atom stereocenters. The molecule has 0 amide bonds. The van der Waals surface area contributed by atoms with Gasteiger partial charge in [0.15, 0.2) is 0 Å². The summed E-state index contributed by atoms with van der Waals surface area (Å²) >= 11 is 0. The summed E-state index contributed by atoms with van der Waals surface area (Å²) in [5.74, 6) is 0. The van der Waals surface area contributed by atoms with Crippen LogP contribution in [0.1, 0.15) is 5.56 Å². The van der Waals surface area contributed by atoms with Crippen molar-refractivity contribution < 1.29 is 4.74 Å². The van der Waals surface area contributed by atoms with Gasteiger partial charge in [0.25, 0.3) is 0 Å². The lowest BCUT2D eigenvalue weighted by atomic mass is 10.2. The molecule has 0 saturated heterocycles. The van der Waals surface area contributed by atoms with Crippen molar-refractivity contribution in [2.75, 3.05) is 6.61 Å². The quantitative estimate of drug-likeness (QED) is 0.652. The first-order chi connectivity index (χ1) is 9.43. The molecule has 3 rings (SSSR count). The standard InChI is InChI=1S/C16H16N2O/c1-2-6-14(7-3-1)12-19-11-10-18-13-17-15-8-4-5-9-16(15)18/h1-9,13H,10-12H2. The van der Waals surface area contributed by atoms with Crippen LogP contribution in [0.15, 0.2) is 60.9 Å². The highest BCUT2D eigenvalue weighted by molar-refractivity contribution is 5.74. The summed E-state index contributed by atoms with van der Waals surface area (Å²) < 4.78 is 7.82. The molecule has 0 aliphatic rings. The molecule has 3 nitrogen and oxygen atoms in total. The molecular formula is C16H16N2O. The predicted octanol–water partition coefficient (Wildman–Crippen LogP) is 3.25. The highest BCUT2D eigenvalue weighted by Crippen LogP contribution is 2.11. The second-order valence-electron chi connectivity index (χ2n) is 4.46. The third kappa shape index (κ3) is 2.83. The topological polar surface area (TPSA) is 27.1 Å². The molecule has 0 bridgehead atoms. The van der Waals surface area contributed by atoms with Gasteiger partial charge in [0, 0.05) is 6.54 Å². The molecule has 0 saturated carbocycles. The van der Waals surface area contributed by atoms with Crippen LogP contribution in [0.3, 0.4) is 0 Å². The Hall–Kier alpha value is -2.13. The second kappa shape index (κ2) is 5.67. The Morgan fingerprint density at radius 2 is 1.74 bits per heavy atom. The van der Waals surface area contributed by atoms with Gasteiger partial charge >= 0.3 is 0 Å². The van der Waals surface area contributed by atoms with Gasteiger partial charge in [-0.1, -0.05) is 42.5 Å². The third-order valence-electron chi connectivity index (χ3n) is 3.12. The lowest BCUT2D eigenvalue weighted by Crippen LogP contribution is -2.04. The monoisotopic (exact) mass is 252 g/mol. The van der Waals surface area contributed by atoms with Gasteiger partial charge in [-0.05, 0) is 17.7 Å². The Balaban J connectivity index is 1.55. The van der Waals surface area contributed by atoms with E-state index in [0.29, 0.717) is 13.2 Å². The molecule has 3 aromatic rings. The molecule has 0 aliphatic heterocycles.